The minimum Gasteiger partial charge on any atom is -0.383 e. The molecule has 2 rings (SSSR count). The van der Waals surface area contributed by atoms with Crippen molar-refractivity contribution >= 4 is 0 Å². The van der Waals surface area contributed by atoms with E-state index in [4.69, 9.17) is 15.2 Å². The van der Waals surface area contributed by atoms with Crippen molar-refractivity contribution < 1.29 is 9.47 Å². The van der Waals surface area contributed by atoms with Crippen LogP contribution in [-0.4, -0.2) is 56.5 Å². The Bertz CT molecular complexity index is 233. The van der Waals surface area contributed by atoms with Crippen molar-refractivity contribution in [2.75, 3.05) is 40.0 Å². The lowest BCUT2D eigenvalue weighted by Gasteiger charge is -2.46. The first-order chi connectivity index (χ1) is 7.73. The maximum absolute atomic E-state index is 6.05. The summed E-state index contributed by atoms with van der Waals surface area (Å²) in [6.07, 6.45) is 2.91. The van der Waals surface area contributed by atoms with Crippen LogP contribution in [-0.2, 0) is 9.47 Å². The Hall–Kier alpha value is -0.160. The predicted octanol–water partition coefficient (Wildman–Crippen LogP) is 0.461. The SMILES string of the molecule is COCC(CN)(C1CC1)N1CCOC(C)C1. The molecule has 0 aromatic carbocycles. The van der Waals surface area contributed by atoms with Crippen LogP contribution >= 0.6 is 0 Å². The van der Waals surface area contributed by atoms with E-state index in [0.29, 0.717) is 12.6 Å². The molecular formula is C12H24N2O2. The Morgan fingerprint density at radius 3 is 2.75 bits per heavy atom. The first kappa shape index (κ1) is 12.3. The van der Waals surface area contributed by atoms with Gasteiger partial charge in [-0.2, -0.15) is 0 Å². The van der Waals surface area contributed by atoms with E-state index in [0.717, 1.165) is 32.2 Å². The fraction of sp³-hybridized carbons (Fsp3) is 1.00. The van der Waals surface area contributed by atoms with Crippen LogP contribution in [0.5, 0.6) is 0 Å². The lowest BCUT2D eigenvalue weighted by atomic mass is 9.91. The summed E-state index contributed by atoms with van der Waals surface area (Å²) in [5.41, 5.74) is 6.11. The number of nitrogens with zero attached hydrogens (tertiary/aromatic N) is 1. The molecule has 2 atom stereocenters. The van der Waals surface area contributed by atoms with Crippen LogP contribution in [0.2, 0.25) is 0 Å². The summed E-state index contributed by atoms with van der Waals surface area (Å²) in [6, 6.07) is 0. The monoisotopic (exact) mass is 228 g/mol. The Labute approximate surface area is 98.1 Å². The van der Waals surface area contributed by atoms with Crippen molar-refractivity contribution in [2.24, 2.45) is 11.7 Å². The van der Waals surface area contributed by atoms with E-state index in [1.165, 1.54) is 12.8 Å². The van der Waals surface area contributed by atoms with Gasteiger partial charge in [0.15, 0.2) is 0 Å². The lowest BCUT2D eigenvalue weighted by Crippen LogP contribution is -2.62. The smallest absolute Gasteiger partial charge is 0.0674 e. The Kier molecular flexibility index (Phi) is 3.85. The highest BCUT2D eigenvalue weighted by molar-refractivity contribution is 5.04. The Morgan fingerprint density at radius 2 is 2.25 bits per heavy atom. The molecule has 0 radical (unpaired) electrons. The van der Waals surface area contributed by atoms with Gasteiger partial charge in [0.25, 0.3) is 0 Å². The quantitative estimate of drug-likeness (QED) is 0.743. The summed E-state index contributed by atoms with van der Waals surface area (Å²) in [4.78, 5) is 2.50. The van der Waals surface area contributed by atoms with Crippen LogP contribution in [0.4, 0.5) is 0 Å². The van der Waals surface area contributed by atoms with Crippen molar-refractivity contribution in [3.63, 3.8) is 0 Å². The first-order valence-corrected chi connectivity index (χ1v) is 6.28. The summed E-state index contributed by atoms with van der Waals surface area (Å²) in [6.45, 7) is 6.37. The van der Waals surface area contributed by atoms with Crippen LogP contribution in [0.3, 0.4) is 0 Å². The summed E-state index contributed by atoms with van der Waals surface area (Å²) < 4.78 is 11.0. The summed E-state index contributed by atoms with van der Waals surface area (Å²) in [7, 11) is 1.77. The molecule has 1 aliphatic heterocycles. The molecule has 4 heteroatoms. The molecule has 0 aromatic heterocycles. The zero-order chi connectivity index (χ0) is 11.6. The third-order valence-corrected chi connectivity index (χ3v) is 3.96. The van der Waals surface area contributed by atoms with Crippen LogP contribution < -0.4 is 5.73 Å². The largest absolute Gasteiger partial charge is 0.383 e. The van der Waals surface area contributed by atoms with E-state index in [-0.39, 0.29) is 5.54 Å². The predicted molar refractivity (Wildman–Crippen MR) is 63.4 cm³/mol. The van der Waals surface area contributed by atoms with E-state index in [1.54, 1.807) is 7.11 Å². The summed E-state index contributed by atoms with van der Waals surface area (Å²) in [5.74, 6) is 0.725. The minimum absolute atomic E-state index is 0.0623. The topological polar surface area (TPSA) is 47.7 Å². The highest BCUT2D eigenvalue weighted by atomic mass is 16.5. The number of morpholine rings is 1. The van der Waals surface area contributed by atoms with Crippen molar-refractivity contribution in [1.29, 1.82) is 0 Å². The molecule has 2 fully saturated rings. The van der Waals surface area contributed by atoms with E-state index >= 15 is 0 Å². The Balaban J connectivity index is 2.09. The lowest BCUT2D eigenvalue weighted by molar-refractivity contribution is -0.0867. The van der Waals surface area contributed by atoms with Crippen LogP contribution in [0.1, 0.15) is 19.8 Å². The molecule has 1 heterocycles. The normalized spacial score (nSPS) is 31.3. The number of nitrogens with two attached hydrogens (primary N) is 1. The van der Waals surface area contributed by atoms with Crippen molar-refractivity contribution in [3.05, 3.63) is 0 Å². The molecule has 0 amide bonds. The maximum atomic E-state index is 6.05. The molecule has 0 aromatic rings. The van der Waals surface area contributed by atoms with Gasteiger partial charge < -0.3 is 15.2 Å². The minimum atomic E-state index is 0.0623. The molecule has 1 aliphatic carbocycles. The molecular weight excluding hydrogens is 204 g/mol. The number of hydrogen-bond donors (Lipinski definition) is 1. The number of ether oxygens (including phenoxy) is 2. The van der Waals surface area contributed by atoms with Crippen molar-refractivity contribution in [3.8, 4) is 0 Å². The van der Waals surface area contributed by atoms with Gasteiger partial charge in [-0.05, 0) is 25.7 Å². The summed E-state index contributed by atoms with van der Waals surface area (Å²) >= 11 is 0. The molecule has 1 saturated carbocycles. The van der Waals surface area contributed by atoms with Gasteiger partial charge in [-0.3, -0.25) is 4.90 Å². The van der Waals surface area contributed by atoms with Gasteiger partial charge in [0, 0.05) is 26.7 Å². The van der Waals surface area contributed by atoms with E-state index < -0.39 is 0 Å². The van der Waals surface area contributed by atoms with E-state index in [1.807, 2.05) is 0 Å². The molecule has 0 bridgehead atoms. The van der Waals surface area contributed by atoms with Gasteiger partial charge in [-0.15, -0.1) is 0 Å². The van der Waals surface area contributed by atoms with Gasteiger partial charge in [-0.25, -0.2) is 0 Å². The van der Waals surface area contributed by atoms with Crippen LogP contribution in [0.25, 0.3) is 0 Å². The number of hydrogen-bond acceptors (Lipinski definition) is 4. The fourth-order valence-electron chi connectivity index (χ4n) is 2.92. The molecule has 94 valence electrons. The zero-order valence-electron chi connectivity index (χ0n) is 10.4. The van der Waals surface area contributed by atoms with E-state index in [9.17, 15) is 0 Å². The van der Waals surface area contributed by atoms with Gasteiger partial charge in [0.05, 0.1) is 24.9 Å². The van der Waals surface area contributed by atoms with Gasteiger partial charge >= 0.3 is 0 Å². The average Bonchev–Trinajstić information content (AvgIpc) is 3.10. The number of methoxy groups -OCH3 is 1. The average molecular weight is 228 g/mol. The third kappa shape index (κ3) is 2.25. The molecule has 0 spiro atoms. The summed E-state index contributed by atoms with van der Waals surface area (Å²) in [5, 5.41) is 0. The molecule has 2 aliphatic rings. The molecule has 1 saturated heterocycles. The second kappa shape index (κ2) is 5.00. The second-order valence-corrected chi connectivity index (χ2v) is 5.14. The Morgan fingerprint density at radius 1 is 1.50 bits per heavy atom. The third-order valence-electron chi connectivity index (χ3n) is 3.96. The van der Waals surface area contributed by atoms with Crippen LogP contribution in [0.15, 0.2) is 0 Å². The van der Waals surface area contributed by atoms with Gasteiger partial charge in [0.2, 0.25) is 0 Å². The van der Waals surface area contributed by atoms with Crippen LogP contribution in [0, 0.1) is 5.92 Å². The second-order valence-electron chi connectivity index (χ2n) is 5.14. The van der Waals surface area contributed by atoms with Gasteiger partial charge in [0.1, 0.15) is 0 Å². The van der Waals surface area contributed by atoms with Gasteiger partial charge in [-0.1, -0.05) is 0 Å². The first-order valence-electron chi connectivity index (χ1n) is 6.28. The van der Waals surface area contributed by atoms with Crippen molar-refractivity contribution in [1.82, 2.24) is 4.90 Å². The fourth-order valence-corrected chi connectivity index (χ4v) is 2.92. The molecule has 4 nitrogen and oxygen atoms in total. The van der Waals surface area contributed by atoms with Crippen molar-refractivity contribution in [2.45, 2.75) is 31.4 Å². The highest BCUT2D eigenvalue weighted by Gasteiger charge is 2.49. The molecule has 2 N–H and O–H groups in total. The molecule has 2 unspecified atom stereocenters. The zero-order valence-corrected chi connectivity index (χ0v) is 10.4. The standard InChI is InChI=1S/C12H24N2O2/c1-10-7-14(5-6-16-10)12(8-13,9-15-2)11-3-4-11/h10-11H,3-9,13H2,1-2H3. The van der Waals surface area contributed by atoms with E-state index in [2.05, 4.69) is 11.8 Å². The highest BCUT2D eigenvalue weighted by Crippen LogP contribution is 2.43. The number of rotatable bonds is 5. The maximum Gasteiger partial charge on any atom is 0.0674 e. The molecule has 16 heavy (non-hydrogen) atoms.